The van der Waals surface area contributed by atoms with Crippen molar-refractivity contribution in [2.45, 2.75) is 0 Å². The number of nitrogens with zero attached hydrogens (tertiary/aromatic N) is 3. The van der Waals surface area contributed by atoms with Crippen LogP contribution in [-0.4, -0.2) is 20.9 Å². The van der Waals surface area contributed by atoms with Crippen molar-refractivity contribution in [2.75, 3.05) is 16.5 Å². The van der Waals surface area contributed by atoms with Crippen molar-refractivity contribution in [1.29, 1.82) is 0 Å². The van der Waals surface area contributed by atoms with E-state index < -0.39 is 0 Å². The molecule has 0 saturated carbocycles. The lowest BCUT2D eigenvalue weighted by atomic mass is 10.3. The van der Waals surface area contributed by atoms with Crippen molar-refractivity contribution in [1.82, 2.24) is 20.4 Å². The maximum absolute atomic E-state index is 12.0. The molecule has 5 N–H and O–H groups in total. The predicted octanol–water partition coefficient (Wildman–Crippen LogP) is 2.72. The molecule has 2 aromatic heterocycles. The van der Waals surface area contributed by atoms with Crippen LogP contribution in [0, 0.1) is 0 Å². The number of anilines is 4. The molecular formula is C16H14BrN7O. The van der Waals surface area contributed by atoms with Crippen molar-refractivity contribution >= 4 is 44.8 Å². The molecule has 3 aromatic rings. The maximum atomic E-state index is 12.0. The van der Waals surface area contributed by atoms with Gasteiger partial charge in [0.15, 0.2) is 11.6 Å². The lowest BCUT2D eigenvalue weighted by Gasteiger charge is -2.13. The second-order valence-electron chi connectivity index (χ2n) is 4.93. The number of nitrogens with one attached hydrogen (secondary N) is 3. The Hall–Kier alpha value is -3.20. The van der Waals surface area contributed by atoms with Gasteiger partial charge in [-0.15, -0.1) is 0 Å². The van der Waals surface area contributed by atoms with Gasteiger partial charge < -0.3 is 11.1 Å². The van der Waals surface area contributed by atoms with Gasteiger partial charge in [-0.1, -0.05) is 15.9 Å². The SMILES string of the molecule is Nc1c(NNC(=O)c2ccncc2)ncnc1Nc1ccc(Br)cc1. The second kappa shape index (κ2) is 7.58. The molecule has 1 amide bonds. The first-order valence-corrected chi connectivity index (χ1v) is 8.02. The Labute approximate surface area is 152 Å². The monoisotopic (exact) mass is 399 g/mol. The first-order valence-electron chi connectivity index (χ1n) is 7.23. The van der Waals surface area contributed by atoms with Crippen LogP contribution in [0.1, 0.15) is 10.4 Å². The summed E-state index contributed by atoms with van der Waals surface area (Å²) in [5.41, 5.74) is 12.9. The molecule has 8 nitrogen and oxygen atoms in total. The fourth-order valence-corrected chi connectivity index (χ4v) is 2.22. The van der Waals surface area contributed by atoms with Crippen LogP contribution < -0.4 is 21.9 Å². The zero-order valence-electron chi connectivity index (χ0n) is 12.9. The van der Waals surface area contributed by atoms with Gasteiger partial charge in [0.25, 0.3) is 5.91 Å². The average Bonchev–Trinajstić information content (AvgIpc) is 2.64. The quantitative estimate of drug-likeness (QED) is 0.487. The molecule has 0 aliphatic rings. The molecule has 0 unspecified atom stereocenters. The highest BCUT2D eigenvalue weighted by Gasteiger charge is 2.10. The Bertz CT molecular complexity index is 871. The largest absolute Gasteiger partial charge is 0.393 e. The van der Waals surface area contributed by atoms with Crippen molar-refractivity contribution < 1.29 is 4.79 Å². The van der Waals surface area contributed by atoms with E-state index >= 15 is 0 Å². The molecule has 126 valence electrons. The number of nitrogen functional groups attached to an aromatic ring is 1. The molecule has 3 rings (SSSR count). The zero-order chi connectivity index (χ0) is 17.6. The second-order valence-corrected chi connectivity index (χ2v) is 5.85. The van der Waals surface area contributed by atoms with Crippen LogP contribution in [0.2, 0.25) is 0 Å². The molecular weight excluding hydrogens is 386 g/mol. The molecule has 0 aliphatic heterocycles. The van der Waals surface area contributed by atoms with Crippen molar-refractivity contribution in [3.63, 3.8) is 0 Å². The number of benzene rings is 1. The van der Waals surface area contributed by atoms with Gasteiger partial charge in [-0.2, -0.15) is 0 Å². The van der Waals surface area contributed by atoms with E-state index in [1.165, 1.54) is 18.7 Å². The number of carbonyl (C=O) groups excluding carboxylic acids is 1. The fourth-order valence-electron chi connectivity index (χ4n) is 1.96. The number of rotatable bonds is 5. The van der Waals surface area contributed by atoms with E-state index in [0.29, 0.717) is 11.4 Å². The summed E-state index contributed by atoms with van der Waals surface area (Å²) in [5, 5.41) is 3.10. The average molecular weight is 400 g/mol. The Kier molecular flexibility index (Phi) is 5.05. The van der Waals surface area contributed by atoms with E-state index in [-0.39, 0.29) is 17.4 Å². The Balaban J connectivity index is 1.70. The third-order valence-corrected chi connectivity index (χ3v) is 3.76. The zero-order valence-corrected chi connectivity index (χ0v) is 14.5. The molecule has 0 fully saturated rings. The Morgan fingerprint density at radius 1 is 1.00 bits per heavy atom. The van der Waals surface area contributed by atoms with Crippen LogP contribution in [0.5, 0.6) is 0 Å². The Morgan fingerprint density at radius 3 is 2.40 bits per heavy atom. The normalized spacial score (nSPS) is 10.1. The van der Waals surface area contributed by atoms with Crippen molar-refractivity contribution in [3.8, 4) is 0 Å². The van der Waals surface area contributed by atoms with Crippen LogP contribution in [0.15, 0.2) is 59.6 Å². The minimum atomic E-state index is -0.331. The summed E-state index contributed by atoms with van der Waals surface area (Å²) in [4.78, 5) is 24.1. The van der Waals surface area contributed by atoms with Gasteiger partial charge in [0, 0.05) is 28.1 Å². The van der Waals surface area contributed by atoms with Gasteiger partial charge >= 0.3 is 0 Å². The van der Waals surface area contributed by atoms with Crippen molar-refractivity contribution in [2.24, 2.45) is 0 Å². The third kappa shape index (κ3) is 4.21. The highest BCUT2D eigenvalue weighted by Crippen LogP contribution is 2.25. The molecule has 0 spiro atoms. The number of halogens is 1. The topological polar surface area (TPSA) is 118 Å². The maximum Gasteiger partial charge on any atom is 0.269 e. The molecule has 0 saturated heterocycles. The molecule has 0 radical (unpaired) electrons. The van der Waals surface area contributed by atoms with Crippen LogP contribution in [-0.2, 0) is 0 Å². The standard InChI is InChI=1S/C16H14BrN7O/c17-11-1-3-12(4-2-11)22-14-13(18)15(21-9-20-14)23-24-16(25)10-5-7-19-8-6-10/h1-9H,18H2,(H,24,25)(H2,20,21,22,23). The number of aromatic nitrogens is 3. The minimum absolute atomic E-state index is 0.278. The molecule has 0 atom stereocenters. The molecule has 9 heteroatoms. The number of carbonyl (C=O) groups is 1. The highest BCUT2D eigenvalue weighted by atomic mass is 79.9. The summed E-state index contributed by atoms with van der Waals surface area (Å²) in [5.74, 6) is 0.387. The summed E-state index contributed by atoms with van der Waals surface area (Å²) in [6, 6.07) is 10.7. The number of hydrogen-bond acceptors (Lipinski definition) is 7. The van der Waals surface area contributed by atoms with Gasteiger partial charge in [0.1, 0.15) is 12.0 Å². The minimum Gasteiger partial charge on any atom is -0.393 e. The van der Waals surface area contributed by atoms with Crippen LogP contribution in [0.4, 0.5) is 23.0 Å². The summed E-state index contributed by atoms with van der Waals surface area (Å²) in [6.45, 7) is 0. The number of amides is 1. The summed E-state index contributed by atoms with van der Waals surface area (Å²) < 4.78 is 0.967. The van der Waals surface area contributed by atoms with Crippen LogP contribution in [0.25, 0.3) is 0 Å². The summed E-state index contributed by atoms with van der Waals surface area (Å²) >= 11 is 3.38. The van der Waals surface area contributed by atoms with Crippen molar-refractivity contribution in [3.05, 3.63) is 65.2 Å². The first-order chi connectivity index (χ1) is 12.1. The van der Waals surface area contributed by atoms with E-state index in [0.717, 1.165) is 10.2 Å². The first kappa shape index (κ1) is 16.7. The molecule has 2 heterocycles. The molecule has 0 aliphatic carbocycles. The van der Waals surface area contributed by atoms with Gasteiger partial charge in [0.05, 0.1) is 0 Å². The van der Waals surface area contributed by atoms with Gasteiger partial charge in [-0.3, -0.25) is 20.6 Å². The van der Waals surface area contributed by atoms with Crippen LogP contribution >= 0.6 is 15.9 Å². The van der Waals surface area contributed by atoms with E-state index in [1.807, 2.05) is 24.3 Å². The number of nitrogens with two attached hydrogens (primary N) is 1. The molecule has 0 bridgehead atoms. The Morgan fingerprint density at radius 2 is 1.68 bits per heavy atom. The number of hydrazine groups is 1. The van der Waals surface area contributed by atoms with E-state index in [2.05, 4.69) is 47.1 Å². The van der Waals surface area contributed by atoms with E-state index in [4.69, 9.17) is 5.73 Å². The summed E-state index contributed by atoms with van der Waals surface area (Å²) in [6.07, 6.45) is 4.42. The lowest BCUT2D eigenvalue weighted by molar-refractivity contribution is 0.0962. The lowest BCUT2D eigenvalue weighted by Crippen LogP contribution is -2.30. The smallest absolute Gasteiger partial charge is 0.269 e. The third-order valence-electron chi connectivity index (χ3n) is 3.23. The van der Waals surface area contributed by atoms with Crippen LogP contribution in [0.3, 0.4) is 0 Å². The van der Waals surface area contributed by atoms with Gasteiger partial charge in [0.2, 0.25) is 0 Å². The highest BCUT2D eigenvalue weighted by molar-refractivity contribution is 9.10. The van der Waals surface area contributed by atoms with Gasteiger partial charge in [-0.05, 0) is 36.4 Å². The number of pyridine rings is 1. The molecule has 25 heavy (non-hydrogen) atoms. The van der Waals surface area contributed by atoms with Gasteiger partial charge in [-0.25, -0.2) is 9.97 Å². The van der Waals surface area contributed by atoms with E-state index in [9.17, 15) is 4.79 Å². The number of hydrogen-bond donors (Lipinski definition) is 4. The predicted molar refractivity (Wildman–Crippen MR) is 99.2 cm³/mol. The fraction of sp³-hybridized carbons (Fsp3) is 0. The summed E-state index contributed by atoms with van der Waals surface area (Å²) in [7, 11) is 0. The van der Waals surface area contributed by atoms with E-state index in [1.54, 1.807) is 12.1 Å². The molecule has 1 aromatic carbocycles.